The van der Waals surface area contributed by atoms with Crippen LogP contribution in [0.2, 0.25) is 5.15 Å². The molecule has 2 N–H and O–H groups in total. The second-order valence-electron chi connectivity index (χ2n) is 3.59. The molecule has 0 spiro atoms. The van der Waals surface area contributed by atoms with Crippen molar-refractivity contribution in [3.63, 3.8) is 0 Å². The summed E-state index contributed by atoms with van der Waals surface area (Å²) in [5, 5.41) is 21.6. The van der Waals surface area contributed by atoms with Crippen LogP contribution in [0.1, 0.15) is 17.4 Å². The summed E-state index contributed by atoms with van der Waals surface area (Å²) in [7, 11) is 2.03. The zero-order valence-corrected chi connectivity index (χ0v) is 10.5. The van der Waals surface area contributed by atoms with Gasteiger partial charge >= 0.3 is 12.1 Å². The first kappa shape index (κ1) is 15.7. The summed E-state index contributed by atoms with van der Waals surface area (Å²) < 4.78 is 42.9. The second-order valence-corrected chi connectivity index (χ2v) is 3.95. The van der Waals surface area contributed by atoms with E-state index in [1.165, 1.54) is 0 Å². The number of aromatic nitrogens is 2. The van der Waals surface area contributed by atoms with E-state index in [0.717, 1.165) is 14.2 Å². The van der Waals surface area contributed by atoms with Gasteiger partial charge in [-0.05, 0) is 0 Å². The summed E-state index contributed by atoms with van der Waals surface area (Å²) >= 11 is 5.58. The van der Waals surface area contributed by atoms with Crippen LogP contribution >= 0.6 is 11.6 Å². The monoisotopic (exact) mass is 302 g/mol. The van der Waals surface area contributed by atoms with Crippen molar-refractivity contribution in [3.05, 3.63) is 16.4 Å². The number of hydrogen-bond acceptors (Lipinski definition) is 5. The number of esters is 1. The summed E-state index contributed by atoms with van der Waals surface area (Å²) in [6.07, 6.45) is -9.30. The van der Waals surface area contributed by atoms with Crippen molar-refractivity contribution in [3.8, 4) is 0 Å². The molecule has 0 amide bonds. The van der Waals surface area contributed by atoms with Crippen LogP contribution in [0.5, 0.6) is 0 Å². The number of alkyl halides is 3. The Labute approximate surface area is 110 Å². The van der Waals surface area contributed by atoms with E-state index >= 15 is 0 Å². The normalized spacial score (nSPS) is 15.2. The van der Waals surface area contributed by atoms with Crippen LogP contribution in [0, 0.1) is 0 Å². The quantitative estimate of drug-likeness (QED) is 0.801. The highest BCUT2D eigenvalue weighted by Crippen LogP contribution is 2.38. The lowest BCUT2D eigenvalue weighted by atomic mass is 10.0. The Hall–Kier alpha value is -1.32. The minimum absolute atomic E-state index is 0.539. The Kier molecular flexibility index (Phi) is 4.43. The van der Waals surface area contributed by atoms with Crippen LogP contribution in [0.4, 0.5) is 13.2 Å². The minimum Gasteiger partial charge on any atom is -0.467 e. The van der Waals surface area contributed by atoms with Crippen molar-refractivity contribution in [1.82, 2.24) is 9.78 Å². The molecule has 6 nitrogen and oxygen atoms in total. The number of rotatable bonds is 3. The van der Waals surface area contributed by atoms with Gasteiger partial charge < -0.3 is 14.9 Å². The third kappa shape index (κ3) is 2.99. The molecule has 1 heterocycles. The van der Waals surface area contributed by atoms with Crippen molar-refractivity contribution >= 4 is 17.6 Å². The third-order valence-electron chi connectivity index (χ3n) is 2.32. The van der Waals surface area contributed by atoms with Crippen LogP contribution in [-0.2, 0) is 22.8 Å². The van der Waals surface area contributed by atoms with Gasteiger partial charge in [0.15, 0.2) is 11.8 Å². The third-order valence-corrected chi connectivity index (χ3v) is 2.77. The molecule has 0 fully saturated rings. The number of aryl methyl sites for hydroxylation is 1. The maximum absolute atomic E-state index is 12.7. The topological polar surface area (TPSA) is 84.6 Å². The molecule has 1 rings (SSSR count). The van der Waals surface area contributed by atoms with Gasteiger partial charge in [0.25, 0.3) is 0 Å². The molecule has 108 valence electrons. The van der Waals surface area contributed by atoms with Gasteiger partial charge in [0.1, 0.15) is 11.3 Å². The number of carbonyl (C=O) groups is 1. The molecule has 2 atom stereocenters. The predicted molar refractivity (Wildman–Crippen MR) is 56.2 cm³/mol. The number of ether oxygens (including phenoxy) is 1. The molecule has 2 unspecified atom stereocenters. The number of carbonyl (C=O) groups excluding carboxylic acids is 1. The van der Waals surface area contributed by atoms with E-state index in [9.17, 15) is 28.2 Å². The molecular weight excluding hydrogens is 293 g/mol. The summed E-state index contributed by atoms with van der Waals surface area (Å²) in [5.74, 6) is -1.29. The molecule has 0 aromatic carbocycles. The van der Waals surface area contributed by atoms with E-state index in [1.54, 1.807) is 0 Å². The van der Waals surface area contributed by atoms with Crippen molar-refractivity contribution in [2.45, 2.75) is 18.4 Å². The summed E-state index contributed by atoms with van der Waals surface area (Å²) in [6, 6.07) is 0. The largest absolute Gasteiger partial charge is 0.467 e. The van der Waals surface area contributed by atoms with Gasteiger partial charge in [-0.25, -0.2) is 4.79 Å². The van der Waals surface area contributed by atoms with Crippen LogP contribution < -0.4 is 0 Å². The molecule has 0 aliphatic heterocycles. The molecule has 10 heteroatoms. The van der Waals surface area contributed by atoms with Crippen molar-refractivity contribution in [1.29, 1.82) is 0 Å². The molecule has 0 radical (unpaired) electrons. The average molecular weight is 303 g/mol. The van der Waals surface area contributed by atoms with Gasteiger partial charge in [-0.15, -0.1) is 0 Å². The molecule has 0 bridgehead atoms. The Morgan fingerprint density at radius 1 is 1.47 bits per heavy atom. The number of aliphatic hydroxyl groups excluding tert-OH is 2. The fraction of sp³-hybridized carbons (Fsp3) is 0.556. The first-order valence-corrected chi connectivity index (χ1v) is 5.22. The lowest BCUT2D eigenvalue weighted by Gasteiger charge is -2.17. The Balaban J connectivity index is 3.30. The SMILES string of the molecule is COC(=O)C(O)C(O)c1c(C(F)(F)F)nn(C)c1Cl. The number of halogens is 4. The first-order valence-electron chi connectivity index (χ1n) is 4.84. The van der Waals surface area contributed by atoms with E-state index in [2.05, 4.69) is 9.84 Å². The highest BCUT2D eigenvalue weighted by atomic mass is 35.5. The van der Waals surface area contributed by atoms with Crippen LogP contribution in [0.25, 0.3) is 0 Å². The second kappa shape index (κ2) is 5.35. The smallest absolute Gasteiger partial charge is 0.435 e. The molecular formula is C9H10ClF3N2O4. The first-order chi connectivity index (χ1) is 8.61. The maximum Gasteiger partial charge on any atom is 0.435 e. The van der Waals surface area contributed by atoms with Crippen molar-refractivity contribution in [2.75, 3.05) is 7.11 Å². The van der Waals surface area contributed by atoms with Crippen molar-refractivity contribution in [2.24, 2.45) is 7.05 Å². The fourth-order valence-electron chi connectivity index (χ4n) is 1.40. The molecule has 0 aliphatic rings. The zero-order chi connectivity index (χ0) is 15.0. The highest BCUT2D eigenvalue weighted by molar-refractivity contribution is 6.30. The van der Waals surface area contributed by atoms with E-state index in [-0.39, 0.29) is 0 Å². The van der Waals surface area contributed by atoms with Crippen LogP contribution in [-0.4, -0.2) is 39.2 Å². The summed E-state index contributed by atoms with van der Waals surface area (Å²) in [6.45, 7) is 0. The highest BCUT2D eigenvalue weighted by Gasteiger charge is 2.43. The standard InChI is InChI=1S/C9H10ClF3N2O4/c1-15-7(10)3(6(14-15)9(11,12)13)4(16)5(17)8(18)19-2/h4-5,16-17H,1-2H3. The van der Waals surface area contributed by atoms with Gasteiger partial charge in [-0.3, -0.25) is 4.68 Å². The lowest BCUT2D eigenvalue weighted by Crippen LogP contribution is -2.30. The van der Waals surface area contributed by atoms with Crippen LogP contribution in [0.15, 0.2) is 0 Å². The van der Waals surface area contributed by atoms with Gasteiger partial charge in [0.2, 0.25) is 0 Å². The number of hydrogen-bond donors (Lipinski definition) is 2. The van der Waals surface area contributed by atoms with E-state index < -0.39 is 40.8 Å². The number of methoxy groups -OCH3 is 1. The average Bonchev–Trinajstić information content (AvgIpc) is 2.63. The molecule has 0 saturated heterocycles. The Morgan fingerprint density at radius 2 is 2.00 bits per heavy atom. The van der Waals surface area contributed by atoms with E-state index in [1.807, 2.05) is 0 Å². The zero-order valence-electron chi connectivity index (χ0n) is 9.77. The molecule has 0 saturated carbocycles. The lowest BCUT2D eigenvalue weighted by molar-refractivity contribution is -0.158. The number of aliphatic hydroxyl groups is 2. The molecule has 1 aromatic rings. The maximum atomic E-state index is 12.7. The Morgan fingerprint density at radius 3 is 2.42 bits per heavy atom. The van der Waals surface area contributed by atoms with E-state index in [0.29, 0.717) is 4.68 Å². The minimum atomic E-state index is -4.89. The van der Waals surface area contributed by atoms with E-state index in [4.69, 9.17) is 11.6 Å². The molecule has 1 aromatic heterocycles. The summed E-state index contributed by atoms with van der Waals surface area (Å²) in [5.41, 5.74) is -2.36. The van der Waals surface area contributed by atoms with Gasteiger partial charge in [0, 0.05) is 7.05 Å². The Bertz CT molecular complexity index is 489. The van der Waals surface area contributed by atoms with Crippen LogP contribution in [0.3, 0.4) is 0 Å². The fourth-order valence-corrected chi connectivity index (χ4v) is 1.64. The molecule has 19 heavy (non-hydrogen) atoms. The van der Waals surface area contributed by atoms with Crippen molar-refractivity contribution < 1.29 is 32.9 Å². The van der Waals surface area contributed by atoms with Gasteiger partial charge in [-0.2, -0.15) is 18.3 Å². The summed E-state index contributed by atoms with van der Waals surface area (Å²) in [4.78, 5) is 11.0. The van der Waals surface area contributed by atoms with Gasteiger partial charge in [-0.1, -0.05) is 11.6 Å². The van der Waals surface area contributed by atoms with Gasteiger partial charge in [0.05, 0.1) is 12.7 Å². The molecule has 0 aliphatic carbocycles. The predicted octanol–water partition coefficient (Wildman–Crippen LogP) is 0.660. The number of nitrogens with zero attached hydrogens (tertiary/aromatic N) is 2.